The van der Waals surface area contributed by atoms with Crippen LogP contribution < -0.4 is 14.8 Å². The van der Waals surface area contributed by atoms with Gasteiger partial charge in [0, 0.05) is 0 Å². The van der Waals surface area contributed by atoms with Gasteiger partial charge >= 0.3 is 0 Å². The zero-order valence-corrected chi connectivity index (χ0v) is 18.9. The van der Waals surface area contributed by atoms with E-state index in [-0.39, 0.29) is 11.2 Å². The number of ether oxygens (including phenoxy) is 2. The molecule has 3 rings (SSSR count). The smallest absolute Gasteiger partial charge is 0.239 e. The predicted octanol–water partition coefficient (Wildman–Crippen LogP) is 4.82. The van der Waals surface area contributed by atoms with Crippen molar-refractivity contribution < 1.29 is 14.3 Å². The van der Waals surface area contributed by atoms with Crippen LogP contribution in [0.4, 0.5) is 0 Å². The summed E-state index contributed by atoms with van der Waals surface area (Å²) >= 11 is 1.39. The standard InChI is InChI=1S/C24H29N3O3S/c1-3-4-5-6-14-30-20-12-10-18(11-13-20)17-25-27-24-26-23(28)22(31-24)16-19-8-7-9-21(15-19)29-2/h7-13,15,17,22H,3-6,14,16H2,1-2H3,(H,26,27,28)/b25-17-/t22-/m0/s1. The first-order valence-electron chi connectivity index (χ1n) is 10.6. The van der Waals surface area contributed by atoms with E-state index in [9.17, 15) is 4.79 Å². The Kier molecular flexibility index (Phi) is 8.97. The van der Waals surface area contributed by atoms with Crippen LogP contribution in [0.5, 0.6) is 11.5 Å². The van der Waals surface area contributed by atoms with Crippen molar-refractivity contribution in [1.82, 2.24) is 5.32 Å². The highest BCUT2D eigenvalue weighted by molar-refractivity contribution is 8.15. The summed E-state index contributed by atoms with van der Waals surface area (Å²) in [5.41, 5.74) is 1.97. The van der Waals surface area contributed by atoms with Gasteiger partial charge < -0.3 is 14.8 Å². The molecule has 0 unspecified atom stereocenters. The van der Waals surface area contributed by atoms with Gasteiger partial charge in [0.2, 0.25) is 5.91 Å². The van der Waals surface area contributed by atoms with E-state index >= 15 is 0 Å². The van der Waals surface area contributed by atoms with Crippen LogP contribution in [0.15, 0.2) is 58.7 Å². The predicted molar refractivity (Wildman–Crippen MR) is 127 cm³/mol. The Balaban J connectivity index is 1.48. The fourth-order valence-corrected chi connectivity index (χ4v) is 4.08. The number of carbonyl (C=O) groups is 1. The molecular weight excluding hydrogens is 410 g/mol. The number of benzene rings is 2. The Bertz CT molecular complexity index is 913. The van der Waals surface area contributed by atoms with Gasteiger partial charge in [-0.2, -0.15) is 5.10 Å². The molecule has 6 nitrogen and oxygen atoms in total. The van der Waals surface area contributed by atoms with Gasteiger partial charge in [0.25, 0.3) is 0 Å². The molecule has 1 saturated heterocycles. The highest BCUT2D eigenvalue weighted by Gasteiger charge is 2.30. The summed E-state index contributed by atoms with van der Waals surface area (Å²) < 4.78 is 11.0. The lowest BCUT2D eigenvalue weighted by Crippen LogP contribution is -2.25. The van der Waals surface area contributed by atoms with Crippen LogP contribution in [0.1, 0.15) is 43.7 Å². The van der Waals surface area contributed by atoms with Gasteiger partial charge in [0.1, 0.15) is 11.5 Å². The SMILES string of the molecule is CCCCCCOc1ccc(/C=N\N=C2/NC(=O)[C@H](Cc3cccc(OC)c3)S2)cc1. The maximum Gasteiger partial charge on any atom is 0.239 e. The number of nitrogens with one attached hydrogen (secondary N) is 1. The van der Waals surface area contributed by atoms with E-state index in [1.54, 1.807) is 13.3 Å². The average Bonchev–Trinajstić information content (AvgIpc) is 3.13. The highest BCUT2D eigenvalue weighted by atomic mass is 32.2. The van der Waals surface area contributed by atoms with E-state index < -0.39 is 0 Å². The van der Waals surface area contributed by atoms with Crippen molar-refractivity contribution >= 4 is 29.1 Å². The molecule has 1 atom stereocenters. The first-order valence-corrected chi connectivity index (χ1v) is 11.5. The summed E-state index contributed by atoms with van der Waals surface area (Å²) in [6, 6.07) is 15.5. The van der Waals surface area contributed by atoms with E-state index in [0.717, 1.165) is 35.7 Å². The van der Waals surface area contributed by atoms with E-state index in [1.165, 1.54) is 31.0 Å². The van der Waals surface area contributed by atoms with Crippen molar-refractivity contribution in [3.63, 3.8) is 0 Å². The van der Waals surface area contributed by atoms with Gasteiger partial charge in [-0.25, -0.2) is 0 Å². The van der Waals surface area contributed by atoms with E-state index in [2.05, 4.69) is 22.4 Å². The van der Waals surface area contributed by atoms with Crippen LogP contribution in [0.3, 0.4) is 0 Å². The largest absolute Gasteiger partial charge is 0.497 e. The molecule has 0 bridgehead atoms. The van der Waals surface area contributed by atoms with Crippen LogP contribution in [-0.2, 0) is 11.2 Å². The van der Waals surface area contributed by atoms with Crippen molar-refractivity contribution in [2.45, 2.75) is 44.3 Å². The number of rotatable bonds is 11. The number of hydrogen-bond donors (Lipinski definition) is 1. The lowest BCUT2D eigenvalue weighted by atomic mass is 10.1. The second-order valence-electron chi connectivity index (χ2n) is 7.28. The molecule has 0 aromatic heterocycles. The van der Waals surface area contributed by atoms with E-state index in [0.29, 0.717) is 11.6 Å². The normalized spacial score (nSPS) is 17.3. The summed E-state index contributed by atoms with van der Waals surface area (Å²) in [4.78, 5) is 12.2. The molecule has 1 N–H and O–H groups in total. The fraction of sp³-hybridized carbons (Fsp3) is 0.375. The van der Waals surface area contributed by atoms with Crippen LogP contribution in [0, 0.1) is 0 Å². The molecule has 2 aromatic rings. The van der Waals surface area contributed by atoms with Crippen molar-refractivity contribution in [3.05, 3.63) is 59.7 Å². The zero-order valence-electron chi connectivity index (χ0n) is 18.0. The lowest BCUT2D eigenvalue weighted by Gasteiger charge is -2.07. The fourth-order valence-electron chi connectivity index (χ4n) is 3.12. The zero-order chi connectivity index (χ0) is 21.9. The van der Waals surface area contributed by atoms with Gasteiger partial charge in [0.15, 0.2) is 5.17 Å². The van der Waals surface area contributed by atoms with Gasteiger partial charge in [-0.1, -0.05) is 50.1 Å². The maximum absolute atomic E-state index is 12.2. The Labute approximate surface area is 188 Å². The third-order valence-corrected chi connectivity index (χ3v) is 5.91. The molecule has 164 valence electrons. The molecule has 0 spiro atoms. The Hall–Kier alpha value is -2.80. The number of hydrogen-bond acceptors (Lipinski definition) is 6. The van der Waals surface area contributed by atoms with Gasteiger partial charge in [-0.3, -0.25) is 4.79 Å². The van der Waals surface area contributed by atoms with E-state index in [1.807, 2.05) is 48.5 Å². The van der Waals surface area contributed by atoms with Crippen molar-refractivity contribution in [2.24, 2.45) is 10.2 Å². The lowest BCUT2D eigenvalue weighted by molar-refractivity contribution is -0.118. The van der Waals surface area contributed by atoms with Gasteiger partial charge in [-0.05, 0) is 60.4 Å². The quantitative estimate of drug-likeness (QED) is 0.310. The van der Waals surface area contributed by atoms with Gasteiger partial charge in [0.05, 0.1) is 25.2 Å². The molecule has 1 amide bonds. The summed E-state index contributed by atoms with van der Waals surface area (Å²) in [5.74, 6) is 1.59. The van der Waals surface area contributed by atoms with Crippen molar-refractivity contribution in [3.8, 4) is 11.5 Å². The molecule has 1 aliphatic rings. The number of methoxy groups -OCH3 is 1. The first kappa shape index (κ1) is 22.9. The molecule has 0 radical (unpaired) electrons. The second kappa shape index (κ2) is 12.2. The van der Waals surface area contributed by atoms with Crippen LogP contribution in [0.25, 0.3) is 0 Å². The summed E-state index contributed by atoms with van der Waals surface area (Å²) in [5, 5.41) is 11.4. The minimum absolute atomic E-state index is 0.0535. The summed E-state index contributed by atoms with van der Waals surface area (Å²) in [7, 11) is 1.63. The molecule has 1 aliphatic heterocycles. The minimum Gasteiger partial charge on any atom is -0.497 e. The van der Waals surface area contributed by atoms with Gasteiger partial charge in [-0.15, -0.1) is 5.10 Å². The molecule has 31 heavy (non-hydrogen) atoms. The Morgan fingerprint density at radius 2 is 1.94 bits per heavy atom. The van der Waals surface area contributed by atoms with Crippen molar-refractivity contribution in [1.29, 1.82) is 0 Å². The number of unbranched alkanes of at least 4 members (excludes halogenated alkanes) is 3. The minimum atomic E-state index is -0.227. The van der Waals surface area contributed by atoms with E-state index in [4.69, 9.17) is 9.47 Å². The first-order chi connectivity index (χ1) is 15.2. The summed E-state index contributed by atoms with van der Waals surface area (Å²) in [6.45, 7) is 2.95. The summed E-state index contributed by atoms with van der Waals surface area (Å²) in [6.07, 6.45) is 7.04. The van der Waals surface area contributed by atoms with Crippen LogP contribution >= 0.6 is 11.8 Å². The number of amides is 1. The monoisotopic (exact) mass is 439 g/mol. The number of amidine groups is 1. The molecule has 1 heterocycles. The van der Waals surface area contributed by atoms with Crippen LogP contribution in [0.2, 0.25) is 0 Å². The maximum atomic E-state index is 12.2. The molecule has 7 heteroatoms. The third kappa shape index (κ3) is 7.43. The molecule has 0 aliphatic carbocycles. The Morgan fingerprint density at radius 1 is 1.10 bits per heavy atom. The second-order valence-corrected chi connectivity index (χ2v) is 8.47. The highest BCUT2D eigenvalue weighted by Crippen LogP contribution is 2.25. The molecule has 2 aromatic carbocycles. The molecule has 0 saturated carbocycles. The number of carbonyl (C=O) groups excluding carboxylic acids is 1. The Morgan fingerprint density at radius 3 is 2.71 bits per heavy atom. The third-order valence-electron chi connectivity index (χ3n) is 4.83. The van der Waals surface area contributed by atoms with Crippen LogP contribution in [-0.4, -0.2) is 36.3 Å². The molecular formula is C24H29N3O3S. The number of thioether (sulfide) groups is 1. The topological polar surface area (TPSA) is 72.3 Å². The molecule has 1 fully saturated rings. The average molecular weight is 440 g/mol. The number of nitrogens with zero attached hydrogens (tertiary/aromatic N) is 2. The van der Waals surface area contributed by atoms with Crippen molar-refractivity contribution in [2.75, 3.05) is 13.7 Å².